The van der Waals surface area contributed by atoms with Crippen molar-refractivity contribution in [2.24, 2.45) is 0 Å². The Hall–Kier alpha value is -2.11. The van der Waals surface area contributed by atoms with Crippen LogP contribution in [0.1, 0.15) is 16.1 Å². The Morgan fingerprint density at radius 1 is 1.60 bits per heavy atom. The Bertz CT molecular complexity index is 532. The van der Waals surface area contributed by atoms with Crippen LogP contribution in [0.2, 0.25) is 0 Å². The first-order valence-electron chi connectivity index (χ1n) is 4.32. The summed E-state index contributed by atoms with van der Waals surface area (Å²) in [5.74, 6) is -0.445. The van der Waals surface area contributed by atoms with Crippen molar-refractivity contribution in [3.05, 3.63) is 23.7 Å². The van der Waals surface area contributed by atoms with Gasteiger partial charge in [0.1, 0.15) is 5.56 Å². The second-order valence-corrected chi connectivity index (χ2v) is 3.11. The summed E-state index contributed by atoms with van der Waals surface area (Å²) in [5, 5.41) is 4.12. The van der Waals surface area contributed by atoms with Crippen LogP contribution in [0.25, 0.3) is 5.65 Å². The SMILES string of the molecule is COC(=O)c1c(C)nn2cc(N)cnc12. The van der Waals surface area contributed by atoms with E-state index in [2.05, 4.69) is 14.8 Å². The molecule has 6 heteroatoms. The van der Waals surface area contributed by atoms with Crippen molar-refractivity contribution in [2.75, 3.05) is 12.8 Å². The average Bonchev–Trinajstić information content (AvgIpc) is 2.52. The molecule has 0 atom stereocenters. The fourth-order valence-corrected chi connectivity index (χ4v) is 1.40. The van der Waals surface area contributed by atoms with Gasteiger partial charge in [-0.1, -0.05) is 0 Å². The molecule has 0 saturated carbocycles. The van der Waals surface area contributed by atoms with Gasteiger partial charge >= 0.3 is 5.97 Å². The number of carbonyl (C=O) groups excluding carboxylic acids is 1. The van der Waals surface area contributed by atoms with Gasteiger partial charge < -0.3 is 10.5 Å². The maximum Gasteiger partial charge on any atom is 0.343 e. The molecule has 0 bridgehead atoms. The van der Waals surface area contributed by atoms with Crippen molar-refractivity contribution in [1.29, 1.82) is 0 Å². The highest BCUT2D eigenvalue weighted by molar-refractivity contribution is 5.97. The van der Waals surface area contributed by atoms with Gasteiger partial charge in [-0.05, 0) is 6.92 Å². The molecule has 2 aromatic heterocycles. The number of nitrogen functional groups attached to an aromatic ring is 1. The Balaban J connectivity index is 2.73. The quantitative estimate of drug-likeness (QED) is 0.683. The minimum atomic E-state index is -0.445. The molecule has 78 valence electrons. The van der Waals surface area contributed by atoms with Crippen LogP contribution in [0.15, 0.2) is 12.4 Å². The van der Waals surface area contributed by atoms with E-state index < -0.39 is 5.97 Å². The largest absolute Gasteiger partial charge is 0.465 e. The zero-order chi connectivity index (χ0) is 11.0. The third-order valence-corrected chi connectivity index (χ3v) is 2.06. The van der Waals surface area contributed by atoms with Gasteiger partial charge in [0, 0.05) is 0 Å². The molecule has 6 nitrogen and oxygen atoms in total. The molecule has 0 aliphatic rings. The Labute approximate surface area is 85.7 Å². The molecule has 0 aliphatic heterocycles. The van der Waals surface area contributed by atoms with E-state index in [0.29, 0.717) is 22.6 Å². The summed E-state index contributed by atoms with van der Waals surface area (Å²) in [6, 6.07) is 0. The van der Waals surface area contributed by atoms with Gasteiger partial charge in [0.05, 0.1) is 30.9 Å². The predicted octanol–water partition coefficient (Wildman–Crippen LogP) is 0.407. The number of methoxy groups -OCH3 is 1. The molecule has 2 aromatic rings. The van der Waals surface area contributed by atoms with Crippen molar-refractivity contribution in [3.8, 4) is 0 Å². The molecule has 15 heavy (non-hydrogen) atoms. The van der Waals surface area contributed by atoms with Crippen molar-refractivity contribution >= 4 is 17.3 Å². The summed E-state index contributed by atoms with van der Waals surface area (Å²) in [4.78, 5) is 15.5. The van der Waals surface area contributed by atoms with Gasteiger partial charge in [0.25, 0.3) is 0 Å². The highest BCUT2D eigenvalue weighted by Gasteiger charge is 2.18. The van der Waals surface area contributed by atoms with Crippen LogP contribution in [0.4, 0.5) is 5.69 Å². The number of aryl methyl sites for hydroxylation is 1. The molecule has 0 unspecified atom stereocenters. The zero-order valence-corrected chi connectivity index (χ0v) is 8.39. The van der Waals surface area contributed by atoms with Gasteiger partial charge in [-0.15, -0.1) is 0 Å². The lowest BCUT2D eigenvalue weighted by atomic mass is 10.2. The summed E-state index contributed by atoms with van der Waals surface area (Å²) >= 11 is 0. The number of carbonyl (C=O) groups is 1. The number of nitrogens with two attached hydrogens (primary N) is 1. The van der Waals surface area contributed by atoms with Gasteiger partial charge in [-0.25, -0.2) is 14.3 Å². The summed E-state index contributed by atoms with van der Waals surface area (Å²) in [6.07, 6.45) is 3.07. The summed E-state index contributed by atoms with van der Waals surface area (Å²) in [7, 11) is 1.32. The third-order valence-electron chi connectivity index (χ3n) is 2.06. The highest BCUT2D eigenvalue weighted by Crippen LogP contribution is 2.15. The smallest absolute Gasteiger partial charge is 0.343 e. The number of rotatable bonds is 1. The van der Waals surface area contributed by atoms with Gasteiger partial charge in [0.15, 0.2) is 5.65 Å². The maximum absolute atomic E-state index is 11.4. The van der Waals surface area contributed by atoms with Gasteiger partial charge in [-0.3, -0.25) is 0 Å². The Morgan fingerprint density at radius 3 is 3.00 bits per heavy atom. The fourth-order valence-electron chi connectivity index (χ4n) is 1.40. The molecule has 2 N–H and O–H groups in total. The summed E-state index contributed by atoms with van der Waals surface area (Å²) in [5.41, 5.74) is 7.43. The van der Waals surface area contributed by atoms with E-state index in [1.165, 1.54) is 17.8 Å². The number of fused-ring (bicyclic) bond motifs is 1. The lowest BCUT2D eigenvalue weighted by Crippen LogP contribution is -2.03. The molecule has 0 aliphatic carbocycles. The zero-order valence-electron chi connectivity index (χ0n) is 8.39. The van der Waals surface area contributed by atoms with Crippen molar-refractivity contribution in [1.82, 2.24) is 14.6 Å². The van der Waals surface area contributed by atoms with Crippen LogP contribution in [0.3, 0.4) is 0 Å². The van der Waals surface area contributed by atoms with Gasteiger partial charge in [-0.2, -0.15) is 5.10 Å². The first kappa shape index (κ1) is 9.45. The average molecular weight is 206 g/mol. The van der Waals surface area contributed by atoms with E-state index in [-0.39, 0.29) is 0 Å². The number of anilines is 1. The van der Waals surface area contributed by atoms with E-state index in [1.54, 1.807) is 13.1 Å². The van der Waals surface area contributed by atoms with E-state index in [9.17, 15) is 4.79 Å². The fraction of sp³-hybridized carbons (Fsp3) is 0.222. The number of hydrogen-bond acceptors (Lipinski definition) is 5. The number of nitrogens with zero attached hydrogens (tertiary/aromatic N) is 3. The van der Waals surface area contributed by atoms with Crippen LogP contribution < -0.4 is 5.73 Å². The molecule has 0 saturated heterocycles. The normalized spacial score (nSPS) is 10.5. The monoisotopic (exact) mass is 206 g/mol. The number of esters is 1. The van der Waals surface area contributed by atoms with Crippen LogP contribution in [-0.4, -0.2) is 27.7 Å². The molecule has 0 radical (unpaired) electrons. The minimum absolute atomic E-state index is 0.373. The summed E-state index contributed by atoms with van der Waals surface area (Å²) < 4.78 is 6.12. The van der Waals surface area contributed by atoms with Crippen molar-refractivity contribution < 1.29 is 9.53 Å². The Morgan fingerprint density at radius 2 is 2.33 bits per heavy atom. The number of aromatic nitrogens is 3. The molecule has 2 rings (SSSR count). The van der Waals surface area contributed by atoms with E-state index in [0.717, 1.165) is 0 Å². The molecule has 0 aromatic carbocycles. The number of hydrogen-bond donors (Lipinski definition) is 1. The van der Waals surface area contributed by atoms with Crippen molar-refractivity contribution in [3.63, 3.8) is 0 Å². The first-order chi connectivity index (χ1) is 7.13. The topological polar surface area (TPSA) is 82.5 Å². The van der Waals surface area contributed by atoms with Crippen LogP contribution >= 0.6 is 0 Å². The van der Waals surface area contributed by atoms with Gasteiger partial charge in [0.2, 0.25) is 0 Å². The van der Waals surface area contributed by atoms with E-state index in [4.69, 9.17) is 5.73 Å². The molecule has 0 amide bonds. The van der Waals surface area contributed by atoms with Crippen molar-refractivity contribution in [2.45, 2.75) is 6.92 Å². The lowest BCUT2D eigenvalue weighted by Gasteiger charge is -1.97. The van der Waals surface area contributed by atoms with E-state index in [1.807, 2.05) is 0 Å². The second-order valence-electron chi connectivity index (χ2n) is 3.11. The second kappa shape index (κ2) is 3.23. The minimum Gasteiger partial charge on any atom is -0.465 e. The molecule has 2 heterocycles. The molecule has 0 fully saturated rings. The molecule has 0 spiro atoms. The molecular formula is C9H10N4O2. The van der Waals surface area contributed by atoms with Crippen LogP contribution in [-0.2, 0) is 4.74 Å². The van der Waals surface area contributed by atoms with Crippen LogP contribution in [0, 0.1) is 6.92 Å². The third kappa shape index (κ3) is 1.39. The lowest BCUT2D eigenvalue weighted by molar-refractivity contribution is 0.0602. The van der Waals surface area contributed by atoms with E-state index >= 15 is 0 Å². The summed E-state index contributed by atoms with van der Waals surface area (Å²) in [6.45, 7) is 1.72. The molecular weight excluding hydrogens is 196 g/mol. The first-order valence-corrected chi connectivity index (χ1v) is 4.32. The highest BCUT2D eigenvalue weighted by atomic mass is 16.5. The Kier molecular flexibility index (Phi) is 2.03. The standard InChI is InChI=1S/C9H10N4O2/c1-5-7(9(14)15-2)8-11-3-6(10)4-13(8)12-5/h3-4H,10H2,1-2H3. The number of ether oxygens (including phenoxy) is 1. The maximum atomic E-state index is 11.4. The van der Waals surface area contributed by atoms with Crippen LogP contribution in [0.5, 0.6) is 0 Å². The predicted molar refractivity (Wildman–Crippen MR) is 53.5 cm³/mol.